The van der Waals surface area contributed by atoms with E-state index in [4.69, 9.17) is 18.9 Å². The third kappa shape index (κ3) is 5.03. The lowest BCUT2D eigenvalue weighted by Gasteiger charge is -2.18. The summed E-state index contributed by atoms with van der Waals surface area (Å²) < 4.78 is 38.0. The second-order valence-electron chi connectivity index (χ2n) is 10.2. The van der Waals surface area contributed by atoms with Crippen LogP contribution in [0, 0.1) is 5.82 Å². The number of esters is 1. The van der Waals surface area contributed by atoms with Crippen LogP contribution in [-0.4, -0.2) is 43.6 Å². The molecule has 1 saturated heterocycles. The van der Waals surface area contributed by atoms with Crippen LogP contribution in [0.2, 0.25) is 0 Å². The Morgan fingerprint density at radius 3 is 2.56 bits per heavy atom. The molecule has 39 heavy (non-hydrogen) atoms. The summed E-state index contributed by atoms with van der Waals surface area (Å²) in [6, 6.07) is 15.7. The fourth-order valence-corrected chi connectivity index (χ4v) is 5.70. The third-order valence-electron chi connectivity index (χ3n) is 7.75. The van der Waals surface area contributed by atoms with E-state index in [0.29, 0.717) is 53.6 Å². The molecule has 2 aliphatic heterocycles. The molecule has 8 heteroatoms. The summed E-state index contributed by atoms with van der Waals surface area (Å²) in [5.41, 5.74) is 2.86. The van der Waals surface area contributed by atoms with Crippen molar-refractivity contribution < 1.29 is 32.9 Å². The molecule has 3 aliphatic rings. The molecule has 3 aromatic carbocycles. The predicted octanol–water partition coefficient (Wildman–Crippen LogP) is 5.96. The first-order valence-electron chi connectivity index (χ1n) is 13.4. The standard InChI is InChI=1S/C31H30FNO6/c1-36-29(34)16-20-18-37-28-17-22(8-9-23(20)28)39-27-12-10-24-26(13-11-25(32)30(24)27)38-21-6-4-19(5-7-21)31(35)33-14-2-3-15-33/h4-9,11,13,17,20,27H,2-3,10,12,14-16,18H2,1H3/t20-,27-/m1/s1. The second-order valence-corrected chi connectivity index (χ2v) is 10.2. The monoisotopic (exact) mass is 531 g/mol. The highest BCUT2D eigenvalue weighted by molar-refractivity contribution is 5.94. The number of ether oxygens (including phenoxy) is 4. The molecule has 0 bridgehead atoms. The molecule has 7 nitrogen and oxygen atoms in total. The summed E-state index contributed by atoms with van der Waals surface area (Å²) in [6.07, 6.45) is 3.11. The van der Waals surface area contributed by atoms with Crippen molar-refractivity contribution in [2.45, 2.75) is 44.1 Å². The number of hydrogen-bond donors (Lipinski definition) is 0. The van der Waals surface area contributed by atoms with Gasteiger partial charge < -0.3 is 23.8 Å². The molecule has 0 unspecified atom stereocenters. The normalized spacial score (nSPS) is 19.3. The van der Waals surface area contributed by atoms with Crippen molar-refractivity contribution in [3.05, 3.63) is 82.7 Å². The summed E-state index contributed by atoms with van der Waals surface area (Å²) in [5, 5.41) is 0. The molecule has 0 saturated carbocycles. The van der Waals surface area contributed by atoms with Crippen molar-refractivity contribution in [1.82, 2.24) is 4.90 Å². The third-order valence-corrected chi connectivity index (χ3v) is 7.75. The van der Waals surface area contributed by atoms with Crippen LogP contribution in [-0.2, 0) is 16.0 Å². The van der Waals surface area contributed by atoms with E-state index in [9.17, 15) is 9.59 Å². The lowest BCUT2D eigenvalue weighted by atomic mass is 9.98. The van der Waals surface area contributed by atoms with E-state index in [1.165, 1.54) is 13.2 Å². The highest BCUT2D eigenvalue weighted by Crippen LogP contribution is 2.44. The summed E-state index contributed by atoms with van der Waals surface area (Å²) >= 11 is 0. The van der Waals surface area contributed by atoms with Gasteiger partial charge in [0.15, 0.2) is 0 Å². The van der Waals surface area contributed by atoms with E-state index in [1.807, 2.05) is 17.0 Å². The number of carbonyl (C=O) groups is 2. The number of fused-ring (bicyclic) bond motifs is 2. The number of rotatable bonds is 7. The molecule has 3 aromatic rings. The predicted molar refractivity (Wildman–Crippen MR) is 141 cm³/mol. The van der Waals surface area contributed by atoms with Crippen LogP contribution >= 0.6 is 0 Å². The average molecular weight is 532 g/mol. The van der Waals surface area contributed by atoms with E-state index < -0.39 is 6.10 Å². The number of carbonyl (C=O) groups excluding carboxylic acids is 2. The molecule has 1 amide bonds. The van der Waals surface area contributed by atoms with E-state index in [0.717, 1.165) is 37.1 Å². The van der Waals surface area contributed by atoms with Gasteiger partial charge in [0.1, 0.15) is 34.9 Å². The van der Waals surface area contributed by atoms with Gasteiger partial charge in [-0.05, 0) is 68.1 Å². The van der Waals surface area contributed by atoms with Gasteiger partial charge in [0.05, 0.1) is 20.1 Å². The fourth-order valence-electron chi connectivity index (χ4n) is 5.70. The Labute approximate surface area is 226 Å². The van der Waals surface area contributed by atoms with Gasteiger partial charge in [0.25, 0.3) is 5.91 Å². The minimum Gasteiger partial charge on any atom is -0.492 e. The number of methoxy groups -OCH3 is 1. The Morgan fingerprint density at radius 2 is 1.79 bits per heavy atom. The Hall–Kier alpha value is -4.07. The van der Waals surface area contributed by atoms with Crippen LogP contribution in [0.25, 0.3) is 0 Å². The SMILES string of the molecule is COC(=O)C[C@@H]1COc2cc(O[C@@H]3CCc4c(Oc5ccc(C(=O)N6CCCC6)cc5)ccc(F)c43)ccc21. The lowest BCUT2D eigenvalue weighted by Crippen LogP contribution is -2.27. The van der Waals surface area contributed by atoms with E-state index in [2.05, 4.69) is 0 Å². The van der Waals surface area contributed by atoms with Crippen molar-refractivity contribution in [1.29, 1.82) is 0 Å². The van der Waals surface area contributed by atoms with Crippen LogP contribution in [0.5, 0.6) is 23.0 Å². The maximum atomic E-state index is 15.0. The summed E-state index contributed by atoms with van der Waals surface area (Å²) in [7, 11) is 1.37. The van der Waals surface area contributed by atoms with Gasteiger partial charge in [-0.2, -0.15) is 0 Å². The molecule has 0 N–H and O–H groups in total. The average Bonchev–Trinajstić information content (AvgIpc) is 3.72. The molecule has 202 valence electrons. The lowest BCUT2D eigenvalue weighted by molar-refractivity contribution is -0.141. The minimum atomic E-state index is -0.464. The Kier molecular flexibility index (Phi) is 6.85. The topological polar surface area (TPSA) is 74.3 Å². The zero-order valence-corrected chi connectivity index (χ0v) is 21.8. The molecule has 0 radical (unpaired) electrons. The van der Waals surface area contributed by atoms with Gasteiger partial charge in [-0.1, -0.05) is 6.07 Å². The van der Waals surface area contributed by atoms with Crippen molar-refractivity contribution in [2.24, 2.45) is 0 Å². The second kappa shape index (κ2) is 10.6. The maximum Gasteiger partial charge on any atom is 0.306 e. The molecule has 1 fully saturated rings. The molecule has 0 spiro atoms. The highest BCUT2D eigenvalue weighted by Gasteiger charge is 2.32. The Balaban J connectivity index is 1.16. The van der Waals surface area contributed by atoms with E-state index >= 15 is 4.39 Å². The van der Waals surface area contributed by atoms with E-state index in [1.54, 1.807) is 36.4 Å². The summed E-state index contributed by atoms with van der Waals surface area (Å²) in [4.78, 5) is 26.2. The molecule has 2 heterocycles. The van der Waals surface area contributed by atoms with Gasteiger partial charge in [-0.25, -0.2) is 4.39 Å². The minimum absolute atomic E-state index is 0.0395. The fraction of sp³-hybridized carbons (Fsp3) is 0.355. The Bertz CT molecular complexity index is 1400. The molecule has 6 rings (SSSR count). The van der Waals surface area contributed by atoms with Crippen LogP contribution in [0.4, 0.5) is 4.39 Å². The van der Waals surface area contributed by atoms with Crippen LogP contribution < -0.4 is 14.2 Å². The molecule has 2 atom stereocenters. The van der Waals surface area contributed by atoms with Crippen LogP contribution in [0.3, 0.4) is 0 Å². The molecule has 1 aliphatic carbocycles. The number of nitrogens with zero attached hydrogens (tertiary/aromatic N) is 1. The number of hydrogen-bond acceptors (Lipinski definition) is 6. The number of benzene rings is 3. The van der Waals surface area contributed by atoms with Crippen molar-refractivity contribution in [3.63, 3.8) is 0 Å². The summed E-state index contributed by atoms with van der Waals surface area (Å²) in [5.74, 6) is 1.79. The quantitative estimate of drug-likeness (QED) is 0.350. The van der Waals surface area contributed by atoms with Crippen molar-refractivity contribution >= 4 is 11.9 Å². The maximum absolute atomic E-state index is 15.0. The zero-order chi connectivity index (χ0) is 26.9. The van der Waals surface area contributed by atoms with Gasteiger partial charge in [-0.3, -0.25) is 9.59 Å². The number of likely N-dealkylation sites (tertiary alicyclic amines) is 1. The van der Waals surface area contributed by atoms with Crippen LogP contribution in [0.15, 0.2) is 54.6 Å². The van der Waals surface area contributed by atoms with Crippen molar-refractivity contribution in [3.8, 4) is 23.0 Å². The first-order chi connectivity index (χ1) is 19.0. The first kappa shape index (κ1) is 25.2. The number of amides is 1. The largest absolute Gasteiger partial charge is 0.492 e. The highest BCUT2D eigenvalue weighted by atomic mass is 19.1. The van der Waals surface area contributed by atoms with Crippen LogP contribution in [0.1, 0.15) is 64.8 Å². The molecule has 0 aromatic heterocycles. The Morgan fingerprint density at radius 1 is 1.03 bits per heavy atom. The molecular formula is C31H30FNO6. The van der Waals surface area contributed by atoms with Gasteiger partial charge in [0, 0.05) is 47.3 Å². The molecular weight excluding hydrogens is 501 g/mol. The van der Waals surface area contributed by atoms with Crippen molar-refractivity contribution in [2.75, 3.05) is 26.8 Å². The smallest absolute Gasteiger partial charge is 0.306 e. The van der Waals surface area contributed by atoms with Gasteiger partial charge in [0.2, 0.25) is 0 Å². The van der Waals surface area contributed by atoms with Gasteiger partial charge in [-0.15, -0.1) is 0 Å². The summed E-state index contributed by atoms with van der Waals surface area (Å²) in [6.45, 7) is 2.01. The first-order valence-corrected chi connectivity index (χ1v) is 13.4. The van der Waals surface area contributed by atoms with E-state index in [-0.39, 0.29) is 30.0 Å². The number of halogens is 1. The van der Waals surface area contributed by atoms with Gasteiger partial charge >= 0.3 is 5.97 Å². The zero-order valence-electron chi connectivity index (χ0n) is 21.8.